The highest BCUT2D eigenvalue weighted by Crippen LogP contribution is 2.51. The highest BCUT2D eigenvalue weighted by atomic mass is 32.2. The smallest absolute Gasteiger partial charge is 0.303 e. The molecule has 2 heterocycles. The van der Waals surface area contributed by atoms with Crippen LogP contribution in [0.1, 0.15) is 70.4 Å². The van der Waals surface area contributed by atoms with Gasteiger partial charge in [-0.2, -0.15) is 29.8 Å². The number of rotatable bonds is 21. The standard InChI is InChI=1S/C39H52N2O12S3/c1-38(2)31-27-29(55(46,47)52-6)18-20-33(31)40(23-13-9-12-17-37(42)43)35(38)15-10-8-11-16-36-39(3,22-14-26-54(44,45)51-5)32-28-30(56(48,49)53-7)19-21-34(32)41(36)24-25-50-4/h8,10-11,15-16,18-21,27-28H,9,12-14,17,22-26H2,1-7H3/p+1. The Morgan fingerprint density at radius 1 is 0.804 bits per heavy atom. The van der Waals surface area contributed by atoms with Gasteiger partial charge in [0.1, 0.15) is 6.54 Å². The number of carboxylic acids is 1. The lowest BCUT2D eigenvalue weighted by atomic mass is 9.77. The van der Waals surface area contributed by atoms with Gasteiger partial charge in [0.25, 0.3) is 30.4 Å². The molecule has 0 saturated heterocycles. The first-order chi connectivity index (χ1) is 26.3. The van der Waals surface area contributed by atoms with E-state index in [1.165, 1.54) is 12.1 Å². The summed E-state index contributed by atoms with van der Waals surface area (Å²) in [5.41, 5.74) is 3.43. The van der Waals surface area contributed by atoms with E-state index in [0.717, 1.165) is 56.1 Å². The largest absolute Gasteiger partial charge is 0.481 e. The van der Waals surface area contributed by atoms with Crippen LogP contribution in [0.4, 0.5) is 11.4 Å². The van der Waals surface area contributed by atoms with Crippen molar-refractivity contribution in [3.8, 4) is 0 Å². The molecule has 56 heavy (non-hydrogen) atoms. The molecule has 14 nitrogen and oxygen atoms in total. The van der Waals surface area contributed by atoms with E-state index in [4.69, 9.17) is 18.2 Å². The minimum absolute atomic E-state index is 0.0171. The van der Waals surface area contributed by atoms with Crippen molar-refractivity contribution in [2.75, 3.05) is 58.8 Å². The molecule has 1 atom stereocenters. The quantitative estimate of drug-likeness (QED) is 0.0715. The second-order valence-corrected chi connectivity index (χ2v) is 19.6. The number of hydrogen-bond donors (Lipinski definition) is 1. The topological polar surface area (TPSA) is 183 Å². The molecule has 1 N–H and O–H groups in total. The van der Waals surface area contributed by atoms with Crippen LogP contribution in [0.3, 0.4) is 0 Å². The van der Waals surface area contributed by atoms with Crippen LogP contribution >= 0.6 is 0 Å². The van der Waals surface area contributed by atoms with Crippen molar-refractivity contribution in [1.82, 2.24) is 0 Å². The summed E-state index contributed by atoms with van der Waals surface area (Å²) < 4.78 is 97.2. The van der Waals surface area contributed by atoms with Gasteiger partial charge in [-0.15, -0.1) is 0 Å². The minimum Gasteiger partial charge on any atom is -0.481 e. The predicted molar refractivity (Wildman–Crippen MR) is 213 cm³/mol. The van der Waals surface area contributed by atoms with Gasteiger partial charge in [0.05, 0.1) is 48.9 Å². The Labute approximate surface area is 331 Å². The number of allylic oxidation sites excluding steroid dienone is 6. The molecule has 2 aliphatic heterocycles. The fourth-order valence-corrected chi connectivity index (χ4v) is 9.43. The number of anilines is 1. The van der Waals surface area contributed by atoms with Gasteiger partial charge in [-0.05, 0) is 88.4 Å². The van der Waals surface area contributed by atoms with E-state index >= 15 is 0 Å². The van der Waals surface area contributed by atoms with E-state index in [0.29, 0.717) is 44.5 Å². The molecule has 0 spiro atoms. The summed E-state index contributed by atoms with van der Waals surface area (Å²) in [7, 11) is -6.78. The lowest BCUT2D eigenvalue weighted by Crippen LogP contribution is -2.31. The van der Waals surface area contributed by atoms with Crippen LogP contribution in [-0.2, 0) is 63.3 Å². The summed E-state index contributed by atoms with van der Waals surface area (Å²) >= 11 is 0. The molecule has 0 bridgehead atoms. The van der Waals surface area contributed by atoms with Gasteiger partial charge < -0.3 is 14.7 Å². The Morgan fingerprint density at radius 3 is 2.05 bits per heavy atom. The number of fused-ring (bicyclic) bond motifs is 2. The molecule has 2 aromatic rings. The van der Waals surface area contributed by atoms with Crippen molar-refractivity contribution in [2.24, 2.45) is 0 Å². The molecular formula is C39H53N2O12S3+. The third-order valence-electron chi connectivity index (χ3n) is 10.4. The molecule has 0 aliphatic carbocycles. The molecule has 1 unspecified atom stereocenters. The normalized spacial score (nSPS) is 19.1. The van der Waals surface area contributed by atoms with Gasteiger partial charge >= 0.3 is 5.97 Å². The fourth-order valence-electron chi connectivity index (χ4n) is 7.38. The Bertz CT molecular complexity index is 2240. The van der Waals surface area contributed by atoms with Gasteiger partial charge in [-0.1, -0.05) is 18.2 Å². The Kier molecular flexibility index (Phi) is 14.7. The predicted octanol–water partition coefficient (Wildman–Crippen LogP) is 5.56. The van der Waals surface area contributed by atoms with E-state index in [9.17, 15) is 30.0 Å². The SMILES string of the molecule is COCCN1C(=CC=CC=CC2=[N+](CCCCCC(=O)O)c3ccc(S(=O)(=O)OC)cc3C2(C)C)C(C)(CCCS(=O)(=O)OC)c2cc(S(=O)(=O)OC)ccc21. The molecule has 17 heteroatoms. The van der Waals surface area contributed by atoms with Crippen molar-refractivity contribution in [3.63, 3.8) is 0 Å². The number of nitrogens with zero attached hydrogens (tertiary/aromatic N) is 2. The minimum atomic E-state index is -4.03. The van der Waals surface area contributed by atoms with Crippen LogP contribution < -0.4 is 4.90 Å². The summed E-state index contributed by atoms with van der Waals surface area (Å²) in [5.74, 6) is -1.06. The van der Waals surface area contributed by atoms with Gasteiger partial charge in [0.15, 0.2) is 5.71 Å². The molecule has 2 aliphatic rings. The number of methoxy groups -OCH3 is 1. The van der Waals surface area contributed by atoms with Crippen molar-refractivity contribution in [1.29, 1.82) is 0 Å². The number of carboxylic acid groups (broad SMARTS) is 1. The molecule has 0 radical (unpaired) electrons. The lowest BCUT2D eigenvalue weighted by molar-refractivity contribution is -0.438. The first-order valence-electron chi connectivity index (χ1n) is 18.2. The van der Waals surface area contributed by atoms with Gasteiger partial charge in [-0.3, -0.25) is 17.3 Å². The van der Waals surface area contributed by atoms with E-state index in [1.54, 1.807) is 31.4 Å². The Balaban J connectivity index is 1.76. The molecular weight excluding hydrogens is 785 g/mol. The van der Waals surface area contributed by atoms with Crippen LogP contribution in [0, 0.1) is 0 Å². The highest BCUT2D eigenvalue weighted by Gasteiger charge is 2.46. The Hall–Kier alpha value is -3.71. The van der Waals surface area contributed by atoms with E-state index in [2.05, 4.69) is 8.76 Å². The van der Waals surface area contributed by atoms with Crippen molar-refractivity contribution in [3.05, 3.63) is 83.6 Å². The Morgan fingerprint density at radius 2 is 1.45 bits per heavy atom. The first-order valence-corrected chi connectivity index (χ1v) is 22.6. The number of aliphatic carboxylic acids is 1. The molecule has 2 aromatic carbocycles. The second-order valence-electron chi connectivity index (χ2n) is 14.3. The summed E-state index contributed by atoms with van der Waals surface area (Å²) in [5, 5.41) is 9.09. The van der Waals surface area contributed by atoms with Crippen molar-refractivity contribution < 1.29 is 57.0 Å². The maximum Gasteiger partial charge on any atom is 0.303 e. The van der Waals surface area contributed by atoms with Gasteiger partial charge in [0.2, 0.25) is 5.69 Å². The lowest BCUT2D eigenvalue weighted by Gasteiger charge is -2.30. The van der Waals surface area contributed by atoms with E-state index < -0.39 is 47.2 Å². The van der Waals surface area contributed by atoms with E-state index in [-0.39, 0.29) is 28.4 Å². The van der Waals surface area contributed by atoms with Crippen molar-refractivity contribution in [2.45, 2.75) is 79.9 Å². The highest BCUT2D eigenvalue weighted by molar-refractivity contribution is 7.87. The molecule has 0 fully saturated rings. The number of benzene rings is 2. The average molecular weight is 838 g/mol. The zero-order chi connectivity index (χ0) is 41.5. The molecule has 0 aromatic heterocycles. The molecule has 308 valence electrons. The summed E-state index contributed by atoms with van der Waals surface area (Å²) in [6.07, 6.45) is 12.2. The number of ether oxygens (including phenoxy) is 1. The van der Waals surface area contributed by atoms with Crippen LogP contribution in [0.2, 0.25) is 0 Å². The molecule has 0 saturated carbocycles. The van der Waals surface area contributed by atoms with Gasteiger partial charge in [-0.25, -0.2) is 0 Å². The van der Waals surface area contributed by atoms with Gasteiger partial charge in [0, 0.05) is 61.0 Å². The molecule has 4 rings (SSSR count). The fraction of sp³-hybridized carbons (Fsp3) is 0.487. The van der Waals surface area contributed by atoms with E-state index in [1.807, 2.05) is 56.1 Å². The maximum absolute atomic E-state index is 12.8. The third-order valence-corrected chi connectivity index (χ3v) is 14.3. The maximum atomic E-state index is 12.8. The average Bonchev–Trinajstić information content (AvgIpc) is 3.51. The summed E-state index contributed by atoms with van der Waals surface area (Å²) in [6.45, 7) is 7.37. The monoisotopic (exact) mass is 837 g/mol. The van der Waals surface area contributed by atoms with Crippen LogP contribution in [0.25, 0.3) is 0 Å². The third kappa shape index (κ3) is 9.86. The number of carbonyl (C=O) groups is 1. The van der Waals surface area contributed by atoms with Crippen LogP contribution in [-0.4, -0.2) is 101 Å². The zero-order valence-corrected chi connectivity index (χ0v) is 35.4. The van der Waals surface area contributed by atoms with Crippen LogP contribution in [0.15, 0.2) is 82.3 Å². The number of hydrogen-bond acceptors (Lipinski definition) is 12. The number of unbranched alkanes of at least 4 members (excludes halogenated alkanes) is 2. The van der Waals surface area contributed by atoms with Crippen LogP contribution in [0.5, 0.6) is 0 Å². The van der Waals surface area contributed by atoms with Crippen molar-refractivity contribution >= 4 is 53.4 Å². The first kappa shape index (κ1) is 45.0. The zero-order valence-electron chi connectivity index (χ0n) is 33.0. The molecule has 0 amide bonds. The summed E-state index contributed by atoms with van der Waals surface area (Å²) in [4.78, 5) is 13.2. The summed E-state index contributed by atoms with van der Waals surface area (Å²) in [6, 6.07) is 9.73. The second kappa shape index (κ2) is 18.3.